The quantitative estimate of drug-likeness (QED) is 0.733. The molecular formula is C11H21NO3. The van der Waals surface area contributed by atoms with Crippen LogP contribution in [0.2, 0.25) is 0 Å². The molecule has 0 amide bonds. The summed E-state index contributed by atoms with van der Waals surface area (Å²) in [4.78, 5) is 12.6. The van der Waals surface area contributed by atoms with Crippen molar-refractivity contribution in [2.75, 3.05) is 19.6 Å². The molecule has 1 rings (SSSR count). The van der Waals surface area contributed by atoms with E-state index in [2.05, 4.69) is 18.7 Å². The molecule has 1 fully saturated rings. The zero-order valence-corrected chi connectivity index (χ0v) is 9.57. The number of piperidine rings is 1. The van der Waals surface area contributed by atoms with Gasteiger partial charge in [0.2, 0.25) is 0 Å². The Labute approximate surface area is 90.9 Å². The van der Waals surface area contributed by atoms with Gasteiger partial charge >= 0.3 is 5.97 Å². The second kappa shape index (κ2) is 4.94. The lowest BCUT2D eigenvalue weighted by Crippen LogP contribution is -2.43. The highest BCUT2D eigenvalue weighted by Crippen LogP contribution is 2.28. The van der Waals surface area contributed by atoms with Gasteiger partial charge in [-0.15, -0.1) is 0 Å². The van der Waals surface area contributed by atoms with E-state index in [-0.39, 0.29) is 6.42 Å². The zero-order chi connectivity index (χ0) is 11.5. The highest BCUT2D eigenvalue weighted by Gasteiger charge is 2.27. The van der Waals surface area contributed by atoms with Gasteiger partial charge in [0.25, 0.3) is 0 Å². The smallest absolute Gasteiger partial charge is 0.306 e. The van der Waals surface area contributed by atoms with Gasteiger partial charge in [-0.25, -0.2) is 0 Å². The van der Waals surface area contributed by atoms with E-state index in [4.69, 9.17) is 5.11 Å². The molecule has 1 aliphatic rings. The molecule has 1 heterocycles. The minimum Gasteiger partial charge on any atom is -0.481 e. The van der Waals surface area contributed by atoms with E-state index in [0.717, 1.165) is 19.5 Å². The second-order valence-corrected chi connectivity index (χ2v) is 5.25. The van der Waals surface area contributed by atoms with Gasteiger partial charge in [-0.3, -0.25) is 4.79 Å². The summed E-state index contributed by atoms with van der Waals surface area (Å²) in [6, 6.07) is 0. The van der Waals surface area contributed by atoms with E-state index in [0.29, 0.717) is 12.0 Å². The number of nitrogens with zero attached hydrogens (tertiary/aromatic N) is 1. The minimum atomic E-state index is -0.932. The number of aliphatic hydroxyl groups excluding tert-OH is 1. The average molecular weight is 215 g/mol. The Kier molecular flexibility index (Phi) is 4.11. The third-order valence-corrected chi connectivity index (χ3v) is 2.86. The fourth-order valence-corrected chi connectivity index (χ4v) is 2.26. The lowest BCUT2D eigenvalue weighted by Gasteiger charge is -2.38. The van der Waals surface area contributed by atoms with Crippen LogP contribution in [-0.2, 0) is 4.79 Å². The van der Waals surface area contributed by atoms with Crippen molar-refractivity contribution in [1.82, 2.24) is 4.90 Å². The van der Waals surface area contributed by atoms with Gasteiger partial charge in [0.1, 0.15) is 0 Å². The first-order chi connectivity index (χ1) is 6.89. The van der Waals surface area contributed by atoms with E-state index >= 15 is 0 Å². The monoisotopic (exact) mass is 215 g/mol. The van der Waals surface area contributed by atoms with Crippen LogP contribution in [0.1, 0.15) is 33.1 Å². The molecular weight excluding hydrogens is 194 g/mol. The third kappa shape index (κ3) is 4.62. The van der Waals surface area contributed by atoms with E-state index in [9.17, 15) is 9.90 Å². The van der Waals surface area contributed by atoms with Crippen LogP contribution in [0.3, 0.4) is 0 Å². The van der Waals surface area contributed by atoms with Gasteiger partial charge in [0.05, 0.1) is 12.5 Å². The molecule has 1 saturated heterocycles. The lowest BCUT2D eigenvalue weighted by atomic mass is 9.84. The number of carbonyl (C=O) groups is 1. The molecule has 2 N–H and O–H groups in total. The first-order valence-electron chi connectivity index (χ1n) is 5.51. The summed E-state index contributed by atoms with van der Waals surface area (Å²) in [5.41, 5.74) is 0.293. The van der Waals surface area contributed by atoms with Gasteiger partial charge in [-0.05, 0) is 24.8 Å². The predicted molar refractivity (Wildman–Crippen MR) is 57.7 cm³/mol. The van der Waals surface area contributed by atoms with Gasteiger partial charge in [-0.2, -0.15) is 0 Å². The lowest BCUT2D eigenvalue weighted by molar-refractivity contribution is -0.139. The topological polar surface area (TPSA) is 60.8 Å². The number of rotatable bonds is 4. The van der Waals surface area contributed by atoms with Gasteiger partial charge in [0.15, 0.2) is 0 Å². The molecule has 1 atom stereocenters. The predicted octanol–water partition coefficient (Wildman–Crippen LogP) is 0.944. The molecule has 0 saturated carbocycles. The van der Waals surface area contributed by atoms with Crippen LogP contribution in [-0.4, -0.2) is 46.8 Å². The summed E-state index contributed by atoms with van der Waals surface area (Å²) < 4.78 is 0. The Balaban J connectivity index is 2.34. The molecule has 1 aliphatic heterocycles. The highest BCUT2D eigenvalue weighted by molar-refractivity contribution is 5.67. The van der Waals surface area contributed by atoms with Crippen LogP contribution in [0.5, 0.6) is 0 Å². The summed E-state index contributed by atoms with van der Waals surface area (Å²) in [5, 5.41) is 18.1. The van der Waals surface area contributed by atoms with Crippen molar-refractivity contribution in [1.29, 1.82) is 0 Å². The normalized spacial score (nSPS) is 23.7. The molecule has 0 spiro atoms. The second-order valence-electron chi connectivity index (χ2n) is 5.25. The number of β-amino-alcohol motifs (C(OH)–C–C–N with tert-alkyl or cyclic N) is 1. The van der Waals surface area contributed by atoms with Crippen LogP contribution in [0, 0.1) is 5.41 Å². The SMILES string of the molecule is CC1(C)CCCN(CC(O)CC(=O)O)C1. The number of carboxylic acids is 1. The zero-order valence-electron chi connectivity index (χ0n) is 9.57. The highest BCUT2D eigenvalue weighted by atomic mass is 16.4. The number of aliphatic hydroxyl groups is 1. The van der Waals surface area contributed by atoms with Crippen molar-refractivity contribution in [3.05, 3.63) is 0 Å². The number of hydrogen-bond donors (Lipinski definition) is 2. The van der Waals surface area contributed by atoms with Crippen LogP contribution >= 0.6 is 0 Å². The summed E-state index contributed by atoms with van der Waals surface area (Å²) in [6.45, 7) is 6.82. The van der Waals surface area contributed by atoms with Gasteiger partial charge < -0.3 is 15.1 Å². The Bertz CT molecular complexity index is 228. The average Bonchev–Trinajstić information content (AvgIpc) is 1.99. The Morgan fingerprint density at radius 3 is 2.73 bits per heavy atom. The van der Waals surface area contributed by atoms with Crippen molar-refractivity contribution in [2.24, 2.45) is 5.41 Å². The number of carboxylic acid groups (broad SMARTS) is 1. The van der Waals surface area contributed by atoms with Crippen molar-refractivity contribution in [3.63, 3.8) is 0 Å². The standard InChI is InChI=1S/C11H21NO3/c1-11(2)4-3-5-12(8-11)7-9(13)6-10(14)15/h9,13H,3-8H2,1-2H3,(H,14,15). The molecule has 4 heteroatoms. The molecule has 0 aliphatic carbocycles. The number of likely N-dealkylation sites (tertiary alicyclic amines) is 1. The molecule has 0 aromatic carbocycles. The summed E-state index contributed by atoms with van der Waals surface area (Å²) >= 11 is 0. The van der Waals surface area contributed by atoms with Crippen LogP contribution in [0.4, 0.5) is 0 Å². The van der Waals surface area contributed by atoms with E-state index in [1.165, 1.54) is 6.42 Å². The van der Waals surface area contributed by atoms with Gasteiger partial charge in [-0.1, -0.05) is 13.8 Å². The summed E-state index contributed by atoms with van der Waals surface area (Å²) in [5.74, 6) is -0.932. The molecule has 1 unspecified atom stereocenters. The van der Waals surface area contributed by atoms with E-state index in [1.54, 1.807) is 0 Å². The van der Waals surface area contributed by atoms with Gasteiger partial charge in [0, 0.05) is 13.1 Å². The molecule has 88 valence electrons. The van der Waals surface area contributed by atoms with Crippen molar-refractivity contribution in [3.8, 4) is 0 Å². The van der Waals surface area contributed by atoms with Crippen molar-refractivity contribution in [2.45, 2.75) is 39.2 Å². The van der Waals surface area contributed by atoms with E-state index in [1.807, 2.05) is 0 Å². The summed E-state index contributed by atoms with van der Waals surface area (Å²) in [6.07, 6.45) is 1.44. The maximum atomic E-state index is 10.4. The summed E-state index contributed by atoms with van der Waals surface area (Å²) in [7, 11) is 0. The molecule has 0 aromatic heterocycles. The maximum absolute atomic E-state index is 10.4. The van der Waals surface area contributed by atoms with Crippen LogP contribution in [0.25, 0.3) is 0 Å². The largest absolute Gasteiger partial charge is 0.481 e. The fourth-order valence-electron chi connectivity index (χ4n) is 2.26. The Morgan fingerprint density at radius 2 is 2.20 bits per heavy atom. The maximum Gasteiger partial charge on any atom is 0.306 e. The van der Waals surface area contributed by atoms with E-state index < -0.39 is 12.1 Å². The first-order valence-corrected chi connectivity index (χ1v) is 5.51. The number of hydrogen-bond acceptors (Lipinski definition) is 3. The Morgan fingerprint density at radius 1 is 1.53 bits per heavy atom. The molecule has 0 bridgehead atoms. The minimum absolute atomic E-state index is 0.156. The number of aliphatic carboxylic acids is 1. The van der Waals surface area contributed by atoms with Crippen molar-refractivity contribution < 1.29 is 15.0 Å². The fraction of sp³-hybridized carbons (Fsp3) is 0.909. The molecule has 15 heavy (non-hydrogen) atoms. The first kappa shape index (κ1) is 12.5. The third-order valence-electron chi connectivity index (χ3n) is 2.86. The molecule has 4 nitrogen and oxygen atoms in total. The molecule has 0 radical (unpaired) electrons. The Hall–Kier alpha value is -0.610. The molecule has 0 aromatic rings. The van der Waals surface area contributed by atoms with Crippen molar-refractivity contribution >= 4 is 5.97 Å². The van der Waals surface area contributed by atoms with Crippen LogP contribution < -0.4 is 0 Å². The van der Waals surface area contributed by atoms with Crippen LogP contribution in [0.15, 0.2) is 0 Å².